The summed E-state index contributed by atoms with van der Waals surface area (Å²) in [6.45, 7) is 9.24. The number of halogens is 1. The van der Waals surface area contributed by atoms with Crippen LogP contribution in [0, 0.1) is 0 Å². The van der Waals surface area contributed by atoms with Gasteiger partial charge in [0.2, 0.25) is 0 Å². The lowest BCUT2D eigenvalue weighted by Crippen LogP contribution is -3.28. The molecule has 1 heterocycles. The molecule has 4 nitrogen and oxygen atoms in total. The molecule has 1 saturated heterocycles. The van der Waals surface area contributed by atoms with Gasteiger partial charge in [0.15, 0.2) is 0 Å². The highest BCUT2D eigenvalue weighted by Gasteiger charge is 2.23. The molecule has 0 aliphatic carbocycles. The quantitative estimate of drug-likeness (QED) is 0.623. The first-order valence-corrected chi connectivity index (χ1v) is 7.78. The van der Waals surface area contributed by atoms with E-state index < -0.39 is 6.10 Å². The van der Waals surface area contributed by atoms with E-state index in [0.717, 1.165) is 25.4 Å². The van der Waals surface area contributed by atoms with E-state index in [1.165, 1.54) is 24.5 Å². The van der Waals surface area contributed by atoms with E-state index >= 15 is 0 Å². The second-order valence-electron chi connectivity index (χ2n) is 5.48. The maximum absolute atomic E-state index is 10.1. The smallest absolute Gasteiger partial charge is 0.137 e. The van der Waals surface area contributed by atoms with Crippen LogP contribution in [-0.2, 0) is 0 Å². The zero-order valence-electron chi connectivity index (χ0n) is 12.1. The maximum Gasteiger partial charge on any atom is 0.137 e. The van der Waals surface area contributed by atoms with Gasteiger partial charge in [-0.3, -0.25) is 0 Å². The minimum Gasteiger partial charge on any atom is -0.491 e. The fourth-order valence-electron chi connectivity index (χ4n) is 2.63. The Morgan fingerprint density at radius 3 is 2.35 bits per heavy atom. The van der Waals surface area contributed by atoms with Gasteiger partial charge in [-0.25, -0.2) is 0 Å². The van der Waals surface area contributed by atoms with Crippen molar-refractivity contribution in [2.45, 2.75) is 13.0 Å². The minimum absolute atomic E-state index is 0.343. The summed E-state index contributed by atoms with van der Waals surface area (Å²) >= 11 is 5.82. The molecular weight excluding hydrogens is 276 g/mol. The molecule has 1 fully saturated rings. The Morgan fingerprint density at radius 1 is 1.15 bits per heavy atom. The van der Waals surface area contributed by atoms with Crippen molar-refractivity contribution in [1.29, 1.82) is 0 Å². The maximum atomic E-state index is 10.1. The highest BCUT2D eigenvalue weighted by molar-refractivity contribution is 6.30. The molecule has 0 radical (unpaired) electrons. The van der Waals surface area contributed by atoms with Gasteiger partial charge in [0.25, 0.3) is 0 Å². The third-order valence-electron chi connectivity index (χ3n) is 3.94. The van der Waals surface area contributed by atoms with Crippen LogP contribution in [0.3, 0.4) is 0 Å². The lowest BCUT2D eigenvalue weighted by molar-refractivity contribution is -1.01. The average molecular weight is 301 g/mol. The summed E-state index contributed by atoms with van der Waals surface area (Å²) in [7, 11) is 0. The molecule has 1 aromatic rings. The van der Waals surface area contributed by atoms with E-state index in [9.17, 15) is 5.11 Å². The Labute approximate surface area is 125 Å². The first-order valence-electron chi connectivity index (χ1n) is 7.41. The molecule has 1 aromatic carbocycles. The van der Waals surface area contributed by atoms with Crippen LogP contribution in [0.2, 0.25) is 5.02 Å². The standard InChI is InChI=1S/C15H23ClN2O2/c1-2-17-7-9-18(10-8-17)11-14(19)12-20-15-5-3-13(16)4-6-15/h3-6,14,19H,2,7-12H2,1H3/p+2/t14-/m1/s1. The first kappa shape index (κ1) is 15.6. The summed E-state index contributed by atoms with van der Waals surface area (Å²) in [6.07, 6.45) is -0.413. The fourth-order valence-corrected chi connectivity index (χ4v) is 2.76. The van der Waals surface area contributed by atoms with Crippen LogP contribution in [0.25, 0.3) is 0 Å². The number of hydrogen-bond donors (Lipinski definition) is 3. The van der Waals surface area contributed by atoms with Crippen molar-refractivity contribution in [1.82, 2.24) is 0 Å². The third-order valence-corrected chi connectivity index (χ3v) is 4.20. The molecule has 112 valence electrons. The Hall–Kier alpha value is -0.810. The molecule has 0 aromatic heterocycles. The second kappa shape index (κ2) is 7.84. The highest BCUT2D eigenvalue weighted by atomic mass is 35.5. The Balaban J connectivity index is 1.68. The summed E-state index contributed by atoms with van der Waals surface area (Å²) in [4.78, 5) is 3.15. The number of likely N-dealkylation sites (N-methyl/N-ethyl adjacent to an activating group) is 1. The molecule has 20 heavy (non-hydrogen) atoms. The Morgan fingerprint density at radius 2 is 1.75 bits per heavy atom. The largest absolute Gasteiger partial charge is 0.491 e. The number of nitrogens with one attached hydrogen (secondary N) is 2. The van der Waals surface area contributed by atoms with Gasteiger partial charge in [-0.15, -0.1) is 0 Å². The van der Waals surface area contributed by atoms with Crippen molar-refractivity contribution in [3.05, 3.63) is 29.3 Å². The summed E-state index contributed by atoms with van der Waals surface area (Å²) in [5.74, 6) is 0.753. The number of hydrogen-bond acceptors (Lipinski definition) is 2. The van der Waals surface area contributed by atoms with Gasteiger partial charge in [0.05, 0.1) is 6.54 Å². The zero-order valence-corrected chi connectivity index (χ0v) is 12.8. The van der Waals surface area contributed by atoms with Crippen molar-refractivity contribution in [3.8, 4) is 5.75 Å². The van der Waals surface area contributed by atoms with E-state index in [1.54, 1.807) is 17.0 Å². The third kappa shape index (κ3) is 4.94. The molecule has 0 spiro atoms. The summed E-state index contributed by atoms with van der Waals surface area (Å²) in [6, 6.07) is 7.24. The lowest BCUT2D eigenvalue weighted by Gasteiger charge is -2.30. The minimum atomic E-state index is -0.413. The Bertz CT molecular complexity index is 391. The van der Waals surface area contributed by atoms with Gasteiger partial charge in [0.1, 0.15) is 51.2 Å². The van der Waals surface area contributed by atoms with Crippen LogP contribution < -0.4 is 14.5 Å². The van der Waals surface area contributed by atoms with Crippen molar-refractivity contribution in [2.24, 2.45) is 0 Å². The van der Waals surface area contributed by atoms with Crippen molar-refractivity contribution in [2.75, 3.05) is 45.9 Å². The van der Waals surface area contributed by atoms with Crippen molar-refractivity contribution in [3.63, 3.8) is 0 Å². The van der Waals surface area contributed by atoms with Gasteiger partial charge < -0.3 is 19.6 Å². The zero-order chi connectivity index (χ0) is 14.4. The van der Waals surface area contributed by atoms with E-state index in [1.807, 2.05) is 12.1 Å². The van der Waals surface area contributed by atoms with Crippen LogP contribution in [0.15, 0.2) is 24.3 Å². The predicted molar refractivity (Wildman–Crippen MR) is 79.8 cm³/mol. The molecule has 0 saturated carbocycles. The molecule has 5 heteroatoms. The van der Waals surface area contributed by atoms with Gasteiger partial charge in [-0.1, -0.05) is 11.6 Å². The molecule has 1 aliphatic heterocycles. The number of ether oxygens (including phenoxy) is 1. The number of rotatable bonds is 6. The molecule has 0 bridgehead atoms. The normalized spacial score (nSPS) is 24.4. The van der Waals surface area contributed by atoms with E-state index in [-0.39, 0.29) is 0 Å². The number of aliphatic hydroxyl groups is 1. The Kier molecular flexibility index (Phi) is 6.10. The number of aliphatic hydroxyl groups excluding tert-OH is 1. The molecule has 1 aliphatic rings. The van der Waals surface area contributed by atoms with Crippen molar-refractivity contribution < 1.29 is 19.6 Å². The van der Waals surface area contributed by atoms with Gasteiger partial charge in [-0.2, -0.15) is 0 Å². The van der Waals surface area contributed by atoms with Crippen LogP contribution >= 0.6 is 11.6 Å². The highest BCUT2D eigenvalue weighted by Crippen LogP contribution is 2.15. The monoisotopic (exact) mass is 300 g/mol. The summed E-state index contributed by atoms with van der Waals surface area (Å²) < 4.78 is 5.58. The van der Waals surface area contributed by atoms with Crippen LogP contribution in [0.5, 0.6) is 5.75 Å². The average Bonchev–Trinajstić information content (AvgIpc) is 2.47. The second-order valence-corrected chi connectivity index (χ2v) is 5.91. The van der Waals surface area contributed by atoms with E-state index in [4.69, 9.17) is 16.3 Å². The van der Waals surface area contributed by atoms with Crippen LogP contribution in [-0.4, -0.2) is 57.1 Å². The number of piperazine rings is 1. The van der Waals surface area contributed by atoms with E-state index in [2.05, 4.69) is 6.92 Å². The number of quaternary nitrogens is 2. The summed E-state index contributed by atoms with van der Waals surface area (Å²) in [5.41, 5.74) is 0. The van der Waals surface area contributed by atoms with E-state index in [0.29, 0.717) is 11.6 Å². The van der Waals surface area contributed by atoms with Crippen LogP contribution in [0.4, 0.5) is 0 Å². The molecular formula is C15H25ClN2O2+2. The molecule has 0 amide bonds. The van der Waals surface area contributed by atoms with Crippen molar-refractivity contribution >= 4 is 11.6 Å². The molecule has 2 rings (SSSR count). The predicted octanol–water partition coefficient (Wildman–Crippen LogP) is -1.12. The topological polar surface area (TPSA) is 38.3 Å². The fraction of sp³-hybridized carbons (Fsp3) is 0.600. The SMILES string of the molecule is CC[NH+]1CC[NH+](C[C@@H](O)COc2ccc(Cl)cc2)CC1. The van der Waals surface area contributed by atoms with Gasteiger partial charge >= 0.3 is 0 Å². The van der Waals surface area contributed by atoms with Crippen LogP contribution in [0.1, 0.15) is 6.92 Å². The summed E-state index contributed by atoms with van der Waals surface area (Å²) in [5, 5.41) is 10.8. The molecule has 1 atom stereocenters. The lowest BCUT2D eigenvalue weighted by atomic mass is 10.2. The molecule has 0 unspecified atom stereocenters. The van der Waals surface area contributed by atoms with Gasteiger partial charge in [-0.05, 0) is 31.2 Å². The first-order chi connectivity index (χ1) is 9.67. The number of benzene rings is 1. The molecule has 3 N–H and O–H groups in total. The van der Waals surface area contributed by atoms with Gasteiger partial charge in [0, 0.05) is 5.02 Å².